The summed E-state index contributed by atoms with van der Waals surface area (Å²) in [6.07, 6.45) is 0. The summed E-state index contributed by atoms with van der Waals surface area (Å²) < 4.78 is 0. The fourth-order valence-electron chi connectivity index (χ4n) is 0. The second kappa shape index (κ2) is 48.2. The van der Waals surface area contributed by atoms with Crippen molar-refractivity contribution in [1.82, 2.24) is 0 Å². The maximum atomic E-state index is 0. The third kappa shape index (κ3) is 29.3. The Labute approximate surface area is 64.5 Å². The van der Waals surface area contributed by atoms with Gasteiger partial charge < -0.3 is 11.0 Å². The molecule has 0 aliphatic heterocycles. The van der Waals surface area contributed by atoms with Crippen molar-refractivity contribution >= 4 is 11.0 Å². The Bertz CT molecular complexity index is 9.61. The summed E-state index contributed by atoms with van der Waals surface area (Å²) in [7, 11) is 0. The Balaban J connectivity index is 0. The Morgan fingerprint density at radius 1 is 0.800 bits per heavy atom. The van der Waals surface area contributed by atoms with Gasteiger partial charge >= 0.3 is 21.7 Å². The van der Waals surface area contributed by atoms with E-state index in [4.69, 9.17) is 0 Å². The molecule has 0 rings (SSSR count). The van der Waals surface area contributed by atoms with E-state index < -0.39 is 0 Å². The molecule has 0 aliphatic rings. The SMILES string of the molecule is [O-2].[O-2].[Si].[Ti+4].[W]. The van der Waals surface area contributed by atoms with Gasteiger partial charge in [0.25, 0.3) is 0 Å². The van der Waals surface area contributed by atoms with Crippen molar-refractivity contribution in [2.24, 2.45) is 0 Å². The van der Waals surface area contributed by atoms with Crippen LogP contribution in [0.25, 0.3) is 0 Å². The van der Waals surface area contributed by atoms with Crippen LogP contribution in [0, 0.1) is 0 Å². The van der Waals surface area contributed by atoms with Gasteiger partial charge in [0.1, 0.15) is 0 Å². The average Bonchev–Trinajstić information content (AvgIpc) is 0. The Morgan fingerprint density at radius 3 is 0.800 bits per heavy atom. The van der Waals surface area contributed by atoms with E-state index in [1.165, 1.54) is 0 Å². The number of rotatable bonds is 0. The normalized spacial score (nSPS) is 0. The van der Waals surface area contributed by atoms with Crippen LogP contribution in [0.2, 0.25) is 0 Å². The summed E-state index contributed by atoms with van der Waals surface area (Å²) in [6.45, 7) is 0. The predicted octanol–water partition coefficient (Wildman–Crippen LogP) is -0.623. The molecule has 0 fully saturated rings. The molecule has 0 amide bonds. The molecule has 0 saturated heterocycles. The van der Waals surface area contributed by atoms with Crippen LogP contribution in [-0.2, 0) is 53.7 Å². The van der Waals surface area contributed by atoms with Gasteiger partial charge in [-0.1, -0.05) is 0 Å². The van der Waals surface area contributed by atoms with Gasteiger partial charge in [0.2, 0.25) is 0 Å². The molecule has 0 aromatic carbocycles. The first-order chi connectivity index (χ1) is 0. The zero-order valence-corrected chi connectivity index (χ0v) is 7.72. The van der Waals surface area contributed by atoms with E-state index in [0.717, 1.165) is 0 Å². The van der Waals surface area contributed by atoms with Crippen LogP contribution in [0.1, 0.15) is 0 Å². The van der Waals surface area contributed by atoms with E-state index in [0.29, 0.717) is 0 Å². The minimum atomic E-state index is 0. The molecule has 0 bridgehead atoms. The van der Waals surface area contributed by atoms with Gasteiger partial charge in [-0.2, -0.15) is 0 Å². The molecule has 0 aliphatic carbocycles. The monoisotopic (exact) mass is 292 g/mol. The van der Waals surface area contributed by atoms with E-state index in [2.05, 4.69) is 0 Å². The molecule has 26 valence electrons. The van der Waals surface area contributed by atoms with Crippen LogP contribution in [0.3, 0.4) is 0 Å². The molecule has 4 radical (unpaired) electrons. The van der Waals surface area contributed by atoms with Crippen molar-refractivity contribution in [1.29, 1.82) is 0 Å². The van der Waals surface area contributed by atoms with E-state index in [-0.39, 0.29) is 64.7 Å². The summed E-state index contributed by atoms with van der Waals surface area (Å²) in [6, 6.07) is 0. The van der Waals surface area contributed by atoms with Crippen molar-refractivity contribution in [2.45, 2.75) is 0 Å². The molecule has 0 N–H and O–H groups in total. The number of hydrogen-bond acceptors (Lipinski definition) is 0. The first kappa shape index (κ1) is 84.7. The van der Waals surface area contributed by atoms with Gasteiger partial charge in [-0.25, -0.2) is 0 Å². The summed E-state index contributed by atoms with van der Waals surface area (Å²) in [5.41, 5.74) is 0. The van der Waals surface area contributed by atoms with Crippen molar-refractivity contribution in [3.63, 3.8) is 0 Å². The van der Waals surface area contributed by atoms with Gasteiger partial charge in [-0.3, -0.25) is 0 Å². The second-order valence-corrected chi connectivity index (χ2v) is 0. The fourth-order valence-corrected chi connectivity index (χ4v) is 0. The van der Waals surface area contributed by atoms with Crippen LogP contribution in [0.5, 0.6) is 0 Å². The summed E-state index contributed by atoms with van der Waals surface area (Å²) in [5.74, 6) is 0. The third-order valence-corrected chi connectivity index (χ3v) is 0. The minimum absolute atomic E-state index is 0. The van der Waals surface area contributed by atoms with Crippen LogP contribution in [0.15, 0.2) is 0 Å². The minimum Gasteiger partial charge on any atom is -2.00 e. The van der Waals surface area contributed by atoms with Gasteiger partial charge in [-0.05, 0) is 0 Å². The Hall–Kier alpha value is 1.54. The van der Waals surface area contributed by atoms with Crippen molar-refractivity contribution < 1.29 is 53.7 Å². The summed E-state index contributed by atoms with van der Waals surface area (Å²) in [5, 5.41) is 0. The summed E-state index contributed by atoms with van der Waals surface area (Å²) >= 11 is 0. The molecule has 0 atom stereocenters. The second-order valence-electron chi connectivity index (χ2n) is 0. The first-order valence-corrected chi connectivity index (χ1v) is 0. The molecule has 0 aromatic rings. The van der Waals surface area contributed by atoms with E-state index in [1.54, 1.807) is 0 Å². The summed E-state index contributed by atoms with van der Waals surface area (Å²) in [4.78, 5) is 0. The van der Waals surface area contributed by atoms with Crippen molar-refractivity contribution in [3.05, 3.63) is 0 Å². The average molecular weight is 292 g/mol. The van der Waals surface area contributed by atoms with Gasteiger partial charge in [0.15, 0.2) is 0 Å². The van der Waals surface area contributed by atoms with Crippen LogP contribution in [0.4, 0.5) is 0 Å². The molecule has 5 heavy (non-hydrogen) atoms. The molecule has 0 aromatic heterocycles. The topological polar surface area (TPSA) is 57.0 Å². The Kier molecular flexibility index (Phi) is 816. The smallest absolute Gasteiger partial charge is 2.00 e. The molecule has 0 spiro atoms. The fraction of sp³-hybridized carbons (Fsp3) is 0. The maximum Gasteiger partial charge on any atom is 4.00 e. The molecular formula is O2SiTiW. The standard InChI is InChI=1S/2O.Si.Ti.W/q2*-2;;+4;. The zero-order valence-electron chi connectivity index (χ0n) is 2.22. The van der Waals surface area contributed by atoms with Crippen LogP contribution < -0.4 is 0 Å². The molecule has 0 saturated carbocycles. The van der Waals surface area contributed by atoms with E-state index >= 15 is 0 Å². The predicted molar refractivity (Wildman–Crippen MR) is 7.13 cm³/mol. The molecule has 5 heteroatoms. The van der Waals surface area contributed by atoms with E-state index in [9.17, 15) is 0 Å². The maximum absolute atomic E-state index is 0. The van der Waals surface area contributed by atoms with Crippen LogP contribution >= 0.6 is 0 Å². The van der Waals surface area contributed by atoms with Crippen molar-refractivity contribution in [3.8, 4) is 0 Å². The largest absolute Gasteiger partial charge is 4.00 e. The molecule has 0 heterocycles. The van der Waals surface area contributed by atoms with Gasteiger partial charge in [0, 0.05) is 32.0 Å². The zero-order chi connectivity index (χ0) is 0. The van der Waals surface area contributed by atoms with Gasteiger partial charge in [-0.15, -0.1) is 0 Å². The van der Waals surface area contributed by atoms with Crippen molar-refractivity contribution in [2.75, 3.05) is 0 Å². The number of hydrogen-bond donors (Lipinski definition) is 0. The quantitative estimate of drug-likeness (QED) is 0.534. The van der Waals surface area contributed by atoms with E-state index in [1.807, 2.05) is 0 Å². The first-order valence-electron chi connectivity index (χ1n) is 0. The molecular weight excluding hydrogens is 292 g/mol. The van der Waals surface area contributed by atoms with Crippen LogP contribution in [-0.4, -0.2) is 11.0 Å². The molecule has 2 nitrogen and oxygen atoms in total. The van der Waals surface area contributed by atoms with Gasteiger partial charge in [0.05, 0.1) is 0 Å². The molecule has 0 unspecified atom stereocenters. The Morgan fingerprint density at radius 2 is 0.800 bits per heavy atom. The third-order valence-electron chi connectivity index (χ3n) is 0.